The van der Waals surface area contributed by atoms with Gasteiger partial charge in [0.2, 0.25) is 5.91 Å². The molecule has 0 unspecified atom stereocenters. The maximum absolute atomic E-state index is 12.8. The number of nitro benzene ring substituents is 1. The second-order valence-corrected chi connectivity index (χ2v) is 7.24. The summed E-state index contributed by atoms with van der Waals surface area (Å²) in [5, 5.41) is 11.1. The van der Waals surface area contributed by atoms with E-state index >= 15 is 0 Å². The van der Waals surface area contributed by atoms with Gasteiger partial charge in [0.05, 0.1) is 10.6 Å². The van der Waals surface area contributed by atoms with Gasteiger partial charge in [0.1, 0.15) is 12.3 Å². The van der Waals surface area contributed by atoms with Gasteiger partial charge in [-0.1, -0.05) is 30.3 Å². The van der Waals surface area contributed by atoms with Crippen molar-refractivity contribution in [3.8, 4) is 5.75 Å². The molecular formula is C21H21N3O5. The molecule has 150 valence electrons. The van der Waals surface area contributed by atoms with Crippen LogP contribution < -0.4 is 9.64 Å². The van der Waals surface area contributed by atoms with E-state index in [1.807, 2.05) is 18.2 Å². The molecule has 0 radical (unpaired) electrons. The first-order valence-electron chi connectivity index (χ1n) is 9.57. The minimum atomic E-state index is -0.534. The number of piperidine rings is 1. The first-order chi connectivity index (χ1) is 14.0. The van der Waals surface area contributed by atoms with Gasteiger partial charge in [-0.2, -0.15) is 0 Å². The molecular weight excluding hydrogens is 374 g/mol. The topological polar surface area (TPSA) is 93.0 Å². The predicted octanol–water partition coefficient (Wildman–Crippen LogP) is 2.73. The first-order valence-corrected chi connectivity index (χ1v) is 9.57. The van der Waals surface area contributed by atoms with E-state index in [4.69, 9.17) is 4.74 Å². The molecule has 0 aromatic heterocycles. The second kappa shape index (κ2) is 7.90. The van der Waals surface area contributed by atoms with E-state index in [0.29, 0.717) is 24.8 Å². The van der Waals surface area contributed by atoms with Crippen LogP contribution in [0.4, 0.5) is 11.4 Å². The van der Waals surface area contributed by atoms with Crippen LogP contribution in [-0.2, 0) is 9.59 Å². The number of hydrogen-bond acceptors (Lipinski definition) is 5. The van der Waals surface area contributed by atoms with E-state index in [1.54, 1.807) is 4.90 Å². The Kier molecular flexibility index (Phi) is 5.16. The molecule has 0 bridgehead atoms. The fraction of sp³-hybridized carbons (Fsp3) is 0.333. The smallest absolute Gasteiger partial charge is 0.271 e. The Balaban J connectivity index is 1.44. The minimum absolute atomic E-state index is 0.146. The van der Waals surface area contributed by atoms with Gasteiger partial charge < -0.3 is 9.64 Å². The van der Waals surface area contributed by atoms with E-state index in [9.17, 15) is 19.7 Å². The highest BCUT2D eigenvalue weighted by Gasteiger charge is 2.31. The quantitative estimate of drug-likeness (QED) is 0.586. The van der Waals surface area contributed by atoms with Crippen LogP contribution in [0, 0.1) is 10.1 Å². The Morgan fingerprint density at radius 3 is 2.55 bits per heavy atom. The summed E-state index contributed by atoms with van der Waals surface area (Å²) in [6.07, 6.45) is 1.74. The highest BCUT2D eigenvalue weighted by Crippen LogP contribution is 2.35. The summed E-state index contributed by atoms with van der Waals surface area (Å²) in [7, 11) is 0. The number of anilines is 1. The van der Waals surface area contributed by atoms with Gasteiger partial charge in [0.25, 0.3) is 11.6 Å². The molecule has 4 rings (SSSR count). The molecule has 0 aliphatic carbocycles. The van der Waals surface area contributed by atoms with Crippen molar-refractivity contribution in [3.63, 3.8) is 0 Å². The summed E-state index contributed by atoms with van der Waals surface area (Å²) < 4.78 is 5.35. The zero-order chi connectivity index (χ0) is 20.4. The van der Waals surface area contributed by atoms with Crippen LogP contribution >= 0.6 is 0 Å². The summed E-state index contributed by atoms with van der Waals surface area (Å²) in [6.45, 7) is 0.915. The van der Waals surface area contributed by atoms with Gasteiger partial charge in [-0.05, 0) is 30.4 Å². The van der Waals surface area contributed by atoms with Gasteiger partial charge in [0.15, 0.2) is 6.61 Å². The van der Waals surface area contributed by atoms with Gasteiger partial charge in [-0.15, -0.1) is 0 Å². The van der Waals surface area contributed by atoms with E-state index < -0.39 is 4.92 Å². The standard InChI is InChI=1S/C21H21N3O5/c25-20(22-10-8-16(9-11-22)15-4-2-1-3-5-15)13-23-18-12-17(24(27)28)6-7-19(18)29-14-21(23)26/h1-7,12,16H,8-11,13-14H2. The van der Waals surface area contributed by atoms with Gasteiger partial charge >= 0.3 is 0 Å². The van der Waals surface area contributed by atoms with Gasteiger partial charge in [-0.3, -0.25) is 24.6 Å². The molecule has 29 heavy (non-hydrogen) atoms. The molecule has 0 saturated carbocycles. The largest absolute Gasteiger partial charge is 0.482 e. The maximum atomic E-state index is 12.8. The van der Waals surface area contributed by atoms with E-state index in [0.717, 1.165) is 12.8 Å². The van der Waals surface area contributed by atoms with Crippen LogP contribution in [0.1, 0.15) is 24.3 Å². The average Bonchev–Trinajstić information content (AvgIpc) is 2.76. The number of nitrogens with zero attached hydrogens (tertiary/aromatic N) is 3. The first kappa shape index (κ1) is 18.9. The minimum Gasteiger partial charge on any atom is -0.482 e. The Morgan fingerprint density at radius 2 is 1.86 bits per heavy atom. The number of nitro groups is 1. The highest BCUT2D eigenvalue weighted by atomic mass is 16.6. The lowest BCUT2D eigenvalue weighted by atomic mass is 9.89. The van der Waals surface area contributed by atoms with E-state index in [1.165, 1.54) is 28.7 Å². The number of carbonyl (C=O) groups excluding carboxylic acids is 2. The molecule has 2 aromatic rings. The van der Waals surface area contributed by atoms with Crippen LogP contribution in [0.25, 0.3) is 0 Å². The summed E-state index contributed by atoms with van der Waals surface area (Å²) in [5.74, 6) is 0.245. The lowest BCUT2D eigenvalue weighted by Gasteiger charge is -2.35. The number of carbonyl (C=O) groups is 2. The van der Waals surface area contributed by atoms with Gasteiger partial charge in [0, 0.05) is 25.2 Å². The zero-order valence-corrected chi connectivity index (χ0v) is 15.8. The third-order valence-corrected chi connectivity index (χ3v) is 5.51. The number of ether oxygens (including phenoxy) is 1. The molecule has 1 fully saturated rings. The fourth-order valence-corrected chi connectivity index (χ4v) is 3.90. The van der Waals surface area contributed by atoms with Gasteiger partial charge in [-0.25, -0.2) is 0 Å². The average molecular weight is 395 g/mol. The molecule has 0 N–H and O–H groups in total. The van der Waals surface area contributed by atoms with Crippen molar-refractivity contribution in [3.05, 3.63) is 64.2 Å². The summed E-state index contributed by atoms with van der Waals surface area (Å²) in [6, 6.07) is 14.3. The SMILES string of the molecule is O=C(CN1C(=O)COc2ccc([N+](=O)[O-])cc21)N1CCC(c2ccccc2)CC1. The summed E-state index contributed by atoms with van der Waals surface area (Å²) in [4.78, 5) is 38.8. The number of fused-ring (bicyclic) bond motifs is 1. The van der Waals surface area contributed by atoms with Crippen LogP contribution in [-0.4, -0.2) is 47.9 Å². The van der Waals surface area contributed by atoms with Crippen molar-refractivity contribution in [1.29, 1.82) is 0 Å². The van der Waals surface area contributed by atoms with E-state index in [-0.39, 0.29) is 36.3 Å². The summed E-state index contributed by atoms with van der Waals surface area (Å²) >= 11 is 0. The molecule has 2 aliphatic rings. The maximum Gasteiger partial charge on any atom is 0.271 e. The fourth-order valence-electron chi connectivity index (χ4n) is 3.90. The molecule has 8 heteroatoms. The molecule has 1 saturated heterocycles. The third-order valence-electron chi connectivity index (χ3n) is 5.51. The van der Waals surface area contributed by atoms with Crippen LogP contribution in [0.3, 0.4) is 0 Å². The van der Waals surface area contributed by atoms with Crippen LogP contribution in [0.15, 0.2) is 48.5 Å². The molecule has 8 nitrogen and oxygen atoms in total. The number of non-ortho nitro benzene ring substituents is 1. The number of benzene rings is 2. The van der Waals surface area contributed by atoms with Crippen molar-refractivity contribution in [2.75, 3.05) is 31.1 Å². The van der Waals surface area contributed by atoms with Crippen molar-refractivity contribution in [1.82, 2.24) is 4.90 Å². The number of amides is 2. The van der Waals surface area contributed by atoms with Crippen molar-refractivity contribution < 1.29 is 19.2 Å². The van der Waals surface area contributed by atoms with Crippen LogP contribution in [0.5, 0.6) is 5.75 Å². The monoisotopic (exact) mass is 395 g/mol. The van der Waals surface area contributed by atoms with Crippen molar-refractivity contribution in [2.45, 2.75) is 18.8 Å². The Bertz CT molecular complexity index is 939. The molecule has 2 amide bonds. The molecule has 0 atom stereocenters. The normalized spacial score (nSPS) is 16.9. The Labute approximate surface area is 167 Å². The predicted molar refractivity (Wildman–Crippen MR) is 106 cm³/mol. The molecule has 0 spiro atoms. The number of likely N-dealkylation sites (tertiary alicyclic amines) is 1. The zero-order valence-electron chi connectivity index (χ0n) is 15.8. The second-order valence-electron chi connectivity index (χ2n) is 7.24. The molecule has 2 heterocycles. The Hall–Kier alpha value is -3.42. The van der Waals surface area contributed by atoms with Crippen molar-refractivity contribution in [2.24, 2.45) is 0 Å². The Morgan fingerprint density at radius 1 is 1.14 bits per heavy atom. The van der Waals surface area contributed by atoms with Crippen LogP contribution in [0.2, 0.25) is 0 Å². The summed E-state index contributed by atoms with van der Waals surface area (Å²) in [5.41, 5.74) is 1.40. The number of hydrogen-bond donors (Lipinski definition) is 0. The lowest BCUT2D eigenvalue weighted by Crippen LogP contribution is -2.48. The highest BCUT2D eigenvalue weighted by molar-refractivity contribution is 6.02. The molecule has 2 aromatic carbocycles. The van der Waals surface area contributed by atoms with Crippen molar-refractivity contribution >= 4 is 23.2 Å². The lowest BCUT2D eigenvalue weighted by molar-refractivity contribution is -0.384. The third kappa shape index (κ3) is 3.91. The van der Waals surface area contributed by atoms with E-state index in [2.05, 4.69) is 12.1 Å². The number of rotatable bonds is 4. The molecule has 2 aliphatic heterocycles.